The zero-order valence-corrected chi connectivity index (χ0v) is 8.54. The molecule has 2 aliphatic carbocycles. The van der Waals surface area contributed by atoms with Crippen LogP contribution in [0.3, 0.4) is 0 Å². The molecular weight excluding hydrogens is 176 g/mol. The highest BCUT2D eigenvalue weighted by Crippen LogP contribution is 2.44. The molecule has 1 N–H and O–H groups in total. The van der Waals surface area contributed by atoms with E-state index >= 15 is 0 Å². The normalized spacial score (nSPS) is 32.6. The summed E-state index contributed by atoms with van der Waals surface area (Å²) in [7, 11) is 0. The van der Waals surface area contributed by atoms with Crippen LogP contribution in [0.25, 0.3) is 0 Å². The van der Waals surface area contributed by atoms with E-state index < -0.39 is 11.4 Å². The third kappa shape index (κ3) is 1.70. The van der Waals surface area contributed by atoms with E-state index in [-0.39, 0.29) is 0 Å². The van der Waals surface area contributed by atoms with E-state index in [0.717, 1.165) is 25.7 Å². The Labute approximate surface area is 85.0 Å². The molecule has 2 rings (SSSR count). The minimum atomic E-state index is -0.575. The molecule has 78 valence electrons. The first-order valence-electron chi connectivity index (χ1n) is 5.61. The van der Waals surface area contributed by atoms with Gasteiger partial charge in [0.25, 0.3) is 0 Å². The van der Waals surface area contributed by atoms with Crippen molar-refractivity contribution in [3.63, 3.8) is 0 Å². The Morgan fingerprint density at radius 1 is 1.43 bits per heavy atom. The summed E-state index contributed by atoms with van der Waals surface area (Å²) in [4.78, 5) is 11.3. The Morgan fingerprint density at radius 3 is 2.64 bits per heavy atom. The van der Waals surface area contributed by atoms with Crippen LogP contribution in [0.5, 0.6) is 0 Å². The van der Waals surface area contributed by atoms with Crippen molar-refractivity contribution in [3.8, 4) is 0 Å². The van der Waals surface area contributed by atoms with Gasteiger partial charge in [-0.25, -0.2) is 0 Å². The van der Waals surface area contributed by atoms with Crippen LogP contribution in [-0.4, -0.2) is 11.1 Å². The average molecular weight is 194 g/mol. The Bertz CT molecular complexity index is 253. The van der Waals surface area contributed by atoms with Crippen molar-refractivity contribution in [1.29, 1.82) is 0 Å². The molecule has 0 amide bonds. The fourth-order valence-corrected chi connectivity index (χ4v) is 2.60. The number of carbonyl (C=O) groups is 1. The number of rotatable bonds is 3. The topological polar surface area (TPSA) is 37.3 Å². The minimum absolute atomic E-state index is 0.417. The lowest BCUT2D eigenvalue weighted by Crippen LogP contribution is -2.35. The number of hydrogen-bond acceptors (Lipinski definition) is 1. The number of aliphatic carboxylic acids is 1. The summed E-state index contributed by atoms with van der Waals surface area (Å²) in [5, 5.41) is 9.32. The number of allylic oxidation sites excluding steroid dienone is 2. The molecule has 1 unspecified atom stereocenters. The highest BCUT2D eigenvalue weighted by molar-refractivity contribution is 5.75. The van der Waals surface area contributed by atoms with Gasteiger partial charge in [-0.3, -0.25) is 4.79 Å². The summed E-state index contributed by atoms with van der Waals surface area (Å²) in [6.45, 7) is 0. The molecule has 0 spiro atoms. The fraction of sp³-hybridized carbons (Fsp3) is 0.750. The summed E-state index contributed by atoms with van der Waals surface area (Å²) in [6, 6.07) is 0. The van der Waals surface area contributed by atoms with Gasteiger partial charge in [-0.1, -0.05) is 31.4 Å². The minimum Gasteiger partial charge on any atom is -0.481 e. The van der Waals surface area contributed by atoms with E-state index in [1.54, 1.807) is 0 Å². The Morgan fingerprint density at radius 2 is 2.21 bits per heavy atom. The molecule has 2 nitrogen and oxygen atoms in total. The maximum absolute atomic E-state index is 11.3. The summed E-state index contributed by atoms with van der Waals surface area (Å²) in [5.74, 6) is 0.117. The van der Waals surface area contributed by atoms with E-state index in [4.69, 9.17) is 0 Å². The lowest BCUT2D eigenvalue weighted by Gasteiger charge is -2.37. The second-order valence-electron chi connectivity index (χ2n) is 4.80. The van der Waals surface area contributed by atoms with Crippen molar-refractivity contribution in [2.24, 2.45) is 11.3 Å². The molecule has 0 aromatic rings. The van der Waals surface area contributed by atoms with Gasteiger partial charge in [0.15, 0.2) is 0 Å². The lowest BCUT2D eigenvalue weighted by atomic mass is 9.67. The van der Waals surface area contributed by atoms with Crippen molar-refractivity contribution in [2.75, 3.05) is 0 Å². The Kier molecular flexibility index (Phi) is 2.62. The third-order valence-electron chi connectivity index (χ3n) is 3.82. The van der Waals surface area contributed by atoms with E-state index in [9.17, 15) is 9.90 Å². The predicted octanol–water partition coefficient (Wildman–Crippen LogP) is 2.99. The molecule has 0 aliphatic heterocycles. The zero-order chi connectivity index (χ0) is 10.0. The van der Waals surface area contributed by atoms with Gasteiger partial charge in [0.1, 0.15) is 0 Å². The van der Waals surface area contributed by atoms with Gasteiger partial charge in [0.05, 0.1) is 5.41 Å². The van der Waals surface area contributed by atoms with Crippen molar-refractivity contribution < 1.29 is 9.90 Å². The van der Waals surface area contributed by atoms with Gasteiger partial charge < -0.3 is 5.11 Å². The van der Waals surface area contributed by atoms with Gasteiger partial charge in [-0.05, 0) is 31.6 Å². The molecule has 14 heavy (non-hydrogen) atoms. The van der Waals surface area contributed by atoms with Crippen LogP contribution in [0.15, 0.2) is 12.2 Å². The Balaban J connectivity index is 2.04. The smallest absolute Gasteiger partial charge is 0.309 e. The first-order valence-corrected chi connectivity index (χ1v) is 5.61. The number of carboxylic acids is 1. The highest BCUT2D eigenvalue weighted by Gasteiger charge is 2.41. The molecule has 1 atom stereocenters. The number of hydrogen-bond donors (Lipinski definition) is 1. The van der Waals surface area contributed by atoms with Crippen molar-refractivity contribution >= 4 is 5.97 Å². The van der Waals surface area contributed by atoms with Gasteiger partial charge in [0.2, 0.25) is 0 Å². The van der Waals surface area contributed by atoms with Crippen molar-refractivity contribution in [2.45, 2.75) is 44.9 Å². The summed E-state index contributed by atoms with van der Waals surface area (Å²) in [6.07, 6.45) is 11.4. The van der Waals surface area contributed by atoms with Crippen LogP contribution in [0, 0.1) is 11.3 Å². The fourth-order valence-electron chi connectivity index (χ4n) is 2.60. The van der Waals surface area contributed by atoms with E-state index in [2.05, 4.69) is 12.2 Å². The average Bonchev–Trinajstić information content (AvgIpc) is 2.13. The van der Waals surface area contributed by atoms with Crippen LogP contribution in [-0.2, 0) is 4.79 Å². The summed E-state index contributed by atoms with van der Waals surface area (Å²) in [5.41, 5.74) is -0.417. The van der Waals surface area contributed by atoms with Crippen LogP contribution in [0.2, 0.25) is 0 Å². The molecule has 1 fully saturated rings. The predicted molar refractivity (Wildman–Crippen MR) is 55.0 cm³/mol. The lowest BCUT2D eigenvalue weighted by molar-refractivity contribution is -0.151. The Hall–Kier alpha value is -0.790. The molecule has 1 saturated carbocycles. The van der Waals surface area contributed by atoms with E-state index in [1.165, 1.54) is 19.3 Å². The monoisotopic (exact) mass is 194 g/mol. The molecule has 2 aliphatic rings. The second kappa shape index (κ2) is 3.76. The van der Waals surface area contributed by atoms with Gasteiger partial charge in [0, 0.05) is 0 Å². The maximum Gasteiger partial charge on any atom is 0.309 e. The van der Waals surface area contributed by atoms with Gasteiger partial charge in [-0.2, -0.15) is 0 Å². The SMILES string of the molecule is O=C(O)C1(CC2CCC2)CC=CCC1. The first-order chi connectivity index (χ1) is 6.73. The van der Waals surface area contributed by atoms with Crippen molar-refractivity contribution in [1.82, 2.24) is 0 Å². The second-order valence-corrected chi connectivity index (χ2v) is 4.80. The quantitative estimate of drug-likeness (QED) is 0.701. The maximum atomic E-state index is 11.3. The van der Waals surface area contributed by atoms with Gasteiger partial charge in [-0.15, -0.1) is 0 Å². The van der Waals surface area contributed by atoms with Crippen molar-refractivity contribution in [3.05, 3.63) is 12.2 Å². The standard InChI is InChI=1S/C12H18O2/c13-11(14)12(7-2-1-3-8-12)9-10-5-4-6-10/h1-2,10H,3-9H2,(H,13,14). The van der Waals surface area contributed by atoms with Crippen LogP contribution in [0.1, 0.15) is 44.9 Å². The molecule has 0 bridgehead atoms. The number of carboxylic acid groups (broad SMARTS) is 1. The molecule has 2 heteroatoms. The zero-order valence-electron chi connectivity index (χ0n) is 8.54. The molecular formula is C12H18O2. The highest BCUT2D eigenvalue weighted by atomic mass is 16.4. The van der Waals surface area contributed by atoms with Gasteiger partial charge >= 0.3 is 5.97 Å². The molecule has 0 saturated heterocycles. The van der Waals surface area contributed by atoms with Crippen LogP contribution in [0.4, 0.5) is 0 Å². The largest absolute Gasteiger partial charge is 0.481 e. The molecule has 0 aromatic carbocycles. The third-order valence-corrected chi connectivity index (χ3v) is 3.82. The molecule has 0 heterocycles. The summed E-state index contributed by atoms with van der Waals surface area (Å²) >= 11 is 0. The summed E-state index contributed by atoms with van der Waals surface area (Å²) < 4.78 is 0. The first kappa shape index (κ1) is 9.75. The van der Waals surface area contributed by atoms with E-state index in [0.29, 0.717) is 5.92 Å². The van der Waals surface area contributed by atoms with E-state index in [1.807, 2.05) is 0 Å². The van der Waals surface area contributed by atoms with Crippen LogP contribution < -0.4 is 0 Å². The molecule has 0 radical (unpaired) electrons. The molecule has 0 aromatic heterocycles. The van der Waals surface area contributed by atoms with Crippen LogP contribution >= 0.6 is 0 Å².